The van der Waals surface area contributed by atoms with Gasteiger partial charge >= 0.3 is 5.69 Å². The largest absolute Gasteiger partial charge is 0.314 e. The molecular formula is C8H6N4O2. The second kappa shape index (κ2) is 3.25. The van der Waals surface area contributed by atoms with Gasteiger partial charge in [-0.2, -0.15) is 5.10 Å². The standard InChI is InChI=1S/C8H6N4O2/c13-12(14)7-5-10-11-8(7)6-1-3-9-4-2-6/h1-5H,(H,10,11). The molecule has 0 aromatic carbocycles. The van der Waals surface area contributed by atoms with E-state index < -0.39 is 4.92 Å². The quantitative estimate of drug-likeness (QED) is 0.572. The molecule has 0 saturated heterocycles. The molecule has 0 aliphatic heterocycles. The number of hydrogen-bond donors (Lipinski definition) is 1. The van der Waals surface area contributed by atoms with Crippen LogP contribution in [0.15, 0.2) is 30.7 Å². The fourth-order valence-corrected chi connectivity index (χ4v) is 1.15. The Morgan fingerprint density at radius 1 is 1.36 bits per heavy atom. The molecule has 1 N–H and O–H groups in total. The molecule has 2 rings (SSSR count). The average Bonchev–Trinajstić information content (AvgIpc) is 2.67. The molecule has 0 saturated carbocycles. The maximum atomic E-state index is 10.6. The van der Waals surface area contributed by atoms with Gasteiger partial charge in [0.15, 0.2) is 0 Å². The van der Waals surface area contributed by atoms with Gasteiger partial charge in [-0.05, 0) is 12.1 Å². The lowest BCUT2D eigenvalue weighted by molar-refractivity contribution is -0.384. The lowest BCUT2D eigenvalue weighted by Gasteiger charge is -1.95. The zero-order valence-corrected chi connectivity index (χ0v) is 7.04. The number of nitrogens with zero attached hydrogens (tertiary/aromatic N) is 3. The van der Waals surface area contributed by atoms with Crippen molar-refractivity contribution in [1.29, 1.82) is 0 Å². The molecule has 2 aromatic heterocycles. The van der Waals surface area contributed by atoms with Crippen LogP contribution < -0.4 is 0 Å². The first-order valence-corrected chi connectivity index (χ1v) is 3.87. The van der Waals surface area contributed by atoms with Crippen LogP contribution in [-0.4, -0.2) is 20.1 Å². The number of nitro groups is 1. The summed E-state index contributed by atoms with van der Waals surface area (Å²) in [5, 5.41) is 16.8. The monoisotopic (exact) mass is 190 g/mol. The van der Waals surface area contributed by atoms with Crippen molar-refractivity contribution in [1.82, 2.24) is 15.2 Å². The second-order valence-electron chi connectivity index (χ2n) is 2.62. The molecular weight excluding hydrogens is 184 g/mol. The van der Waals surface area contributed by atoms with E-state index >= 15 is 0 Å². The zero-order valence-electron chi connectivity index (χ0n) is 7.04. The van der Waals surface area contributed by atoms with Gasteiger partial charge in [-0.15, -0.1) is 0 Å². The summed E-state index contributed by atoms with van der Waals surface area (Å²) in [7, 11) is 0. The van der Waals surface area contributed by atoms with Crippen LogP contribution >= 0.6 is 0 Å². The van der Waals surface area contributed by atoms with Crippen molar-refractivity contribution in [3.8, 4) is 11.3 Å². The van der Waals surface area contributed by atoms with Crippen LogP contribution in [0.25, 0.3) is 11.3 Å². The van der Waals surface area contributed by atoms with Crippen LogP contribution in [0.5, 0.6) is 0 Å². The van der Waals surface area contributed by atoms with E-state index in [1.54, 1.807) is 24.5 Å². The van der Waals surface area contributed by atoms with E-state index in [0.717, 1.165) is 0 Å². The normalized spacial score (nSPS) is 10.0. The van der Waals surface area contributed by atoms with Gasteiger partial charge in [-0.3, -0.25) is 20.2 Å². The molecule has 0 unspecified atom stereocenters. The Bertz CT molecular complexity index is 451. The van der Waals surface area contributed by atoms with Crippen molar-refractivity contribution in [2.24, 2.45) is 0 Å². The van der Waals surface area contributed by atoms with E-state index in [1.807, 2.05) is 0 Å². The smallest absolute Gasteiger partial charge is 0.271 e. The predicted octanol–water partition coefficient (Wildman–Crippen LogP) is 1.38. The third kappa shape index (κ3) is 1.33. The highest BCUT2D eigenvalue weighted by molar-refractivity contribution is 5.68. The van der Waals surface area contributed by atoms with Crippen molar-refractivity contribution in [2.45, 2.75) is 0 Å². The highest BCUT2D eigenvalue weighted by Crippen LogP contribution is 2.25. The Morgan fingerprint density at radius 2 is 2.07 bits per heavy atom. The van der Waals surface area contributed by atoms with Gasteiger partial charge < -0.3 is 0 Å². The lowest BCUT2D eigenvalue weighted by atomic mass is 10.2. The highest BCUT2D eigenvalue weighted by atomic mass is 16.6. The molecule has 6 nitrogen and oxygen atoms in total. The Kier molecular flexibility index (Phi) is 1.94. The molecule has 0 amide bonds. The van der Waals surface area contributed by atoms with Crippen molar-refractivity contribution in [2.75, 3.05) is 0 Å². The first kappa shape index (κ1) is 8.36. The summed E-state index contributed by atoms with van der Waals surface area (Å²) in [6, 6.07) is 3.36. The summed E-state index contributed by atoms with van der Waals surface area (Å²) in [6.07, 6.45) is 4.33. The number of aromatic nitrogens is 3. The lowest BCUT2D eigenvalue weighted by Crippen LogP contribution is -1.89. The van der Waals surface area contributed by atoms with E-state index in [2.05, 4.69) is 15.2 Å². The van der Waals surface area contributed by atoms with Gasteiger partial charge in [0.25, 0.3) is 0 Å². The summed E-state index contributed by atoms with van der Waals surface area (Å²) in [6.45, 7) is 0. The number of rotatable bonds is 2. The molecule has 14 heavy (non-hydrogen) atoms. The Morgan fingerprint density at radius 3 is 2.71 bits per heavy atom. The maximum absolute atomic E-state index is 10.6. The van der Waals surface area contributed by atoms with Crippen LogP contribution in [0.1, 0.15) is 0 Å². The minimum Gasteiger partial charge on any atom is -0.271 e. The molecule has 0 aliphatic rings. The van der Waals surface area contributed by atoms with Crippen LogP contribution in [0.2, 0.25) is 0 Å². The van der Waals surface area contributed by atoms with Crippen LogP contribution in [0.3, 0.4) is 0 Å². The molecule has 0 bridgehead atoms. The average molecular weight is 190 g/mol. The second-order valence-corrected chi connectivity index (χ2v) is 2.62. The van der Waals surface area contributed by atoms with Crippen molar-refractivity contribution in [3.63, 3.8) is 0 Å². The summed E-state index contributed by atoms with van der Waals surface area (Å²) in [5.74, 6) is 0. The molecule has 0 atom stereocenters. The topological polar surface area (TPSA) is 84.7 Å². The minimum absolute atomic E-state index is 0.0313. The third-order valence-electron chi connectivity index (χ3n) is 1.79. The van der Waals surface area contributed by atoms with Crippen molar-refractivity contribution >= 4 is 5.69 Å². The van der Waals surface area contributed by atoms with Crippen LogP contribution in [0, 0.1) is 10.1 Å². The van der Waals surface area contributed by atoms with Crippen molar-refractivity contribution in [3.05, 3.63) is 40.8 Å². The summed E-state index contributed by atoms with van der Waals surface area (Å²) in [5.41, 5.74) is 1.07. The molecule has 0 fully saturated rings. The van der Waals surface area contributed by atoms with E-state index in [0.29, 0.717) is 11.3 Å². The molecule has 2 aromatic rings. The SMILES string of the molecule is O=[N+]([O-])c1cn[nH]c1-c1ccncc1. The minimum atomic E-state index is -0.473. The number of H-pyrrole nitrogens is 1. The van der Waals surface area contributed by atoms with Crippen molar-refractivity contribution < 1.29 is 4.92 Å². The molecule has 6 heteroatoms. The van der Waals surface area contributed by atoms with Gasteiger partial charge in [0.2, 0.25) is 0 Å². The maximum Gasteiger partial charge on any atom is 0.314 e. The van der Waals surface area contributed by atoms with Gasteiger partial charge in [-0.25, -0.2) is 0 Å². The molecule has 0 radical (unpaired) electrons. The summed E-state index contributed by atoms with van der Waals surface area (Å²) >= 11 is 0. The highest BCUT2D eigenvalue weighted by Gasteiger charge is 2.16. The van der Waals surface area contributed by atoms with Crippen LogP contribution in [0.4, 0.5) is 5.69 Å². The molecule has 2 heterocycles. The van der Waals surface area contributed by atoms with Crippen LogP contribution in [-0.2, 0) is 0 Å². The fraction of sp³-hybridized carbons (Fsp3) is 0. The number of hydrogen-bond acceptors (Lipinski definition) is 4. The van der Waals surface area contributed by atoms with Gasteiger partial charge in [0.05, 0.1) is 4.92 Å². The first-order chi connectivity index (χ1) is 6.79. The number of pyridine rings is 1. The van der Waals surface area contributed by atoms with E-state index in [-0.39, 0.29) is 5.69 Å². The zero-order chi connectivity index (χ0) is 9.97. The summed E-state index contributed by atoms with van der Waals surface area (Å²) < 4.78 is 0. The van der Waals surface area contributed by atoms with Gasteiger partial charge in [0.1, 0.15) is 11.9 Å². The fourth-order valence-electron chi connectivity index (χ4n) is 1.15. The van der Waals surface area contributed by atoms with Gasteiger partial charge in [0, 0.05) is 18.0 Å². The number of nitrogens with one attached hydrogen (secondary N) is 1. The molecule has 70 valence electrons. The number of aromatic amines is 1. The Labute approximate surface area is 78.8 Å². The van der Waals surface area contributed by atoms with E-state index in [1.165, 1.54) is 6.20 Å². The Balaban J connectivity index is 2.52. The Hall–Kier alpha value is -2.24. The van der Waals surface area contributed by atoms with E-state index in [9.17, 15) is 10.1 Å². The first-order valence-electron chi connectivity index (χ1n) is 3.87. The molecule has 0 aliphatic carbocycles. The summed E-state index contributed by atoms with van der Waals surface area (Å²) in [4.78, 5) is 13.9. The van der Waals surface area contributed by atoms with E-state index in [4.69, 9.17) is 0 Å². The molecule has 0 spiro atoms. The third-order valence-corrected chi connectivity index (χ3v) is 1.79. The predicted molar refractivity (Wildman–Crippen MR) is 48.5 cm³/mol. The van der Waals surface area contributed by atoms with Gasteiger partial charge in [-0.1, -0.05) is 0 Å².